The van der Waals surface area contributed by atoms with Crippen LogP contribution in [0.2, 0.25) is 0 Å². The van der Waals surface area contributed by atoms with E-state index in [1.54, 1.807) is 22.5 Å². The van der Waals surface area contributed by atoms with E-state index in [1.165, 1.54) is 5.69 Å². The van der Waals surface area contributed by atoms with Crippen molar-refractivity contribution in [2.24, 2.45) is 0 Å². The zero-order valence-corrected chi connectivity index (χ0v) is 21.7. The molecule has 0 saturated heterocycles. The van der Waals surface area contributed by atoms with Gasteiger partial charge in [-0.25, -0.2) is 5.48 Å². The minimum Gasteiger partial charge on any atom is -0.338 e. The van der Waals surface area contributed by atoms with E-state index in [0.29, 0.717) is 25.1 Å². The number of fused-ring (bicyclic) bond motifs is 3. The predicted molar refractivity (Wildman–Crippen MR) is 140 cm³/mol. The van der Waals surface area contributed by atoms with Crippen molar-refractivity contribution < 1.29 is 19.6 Å². The van der Waals surface area contributed by atoms with Gasteiger partial charge in [0.2, 0.25) is 5.91 Å². The Bertz CT molecular complexity index is 1220. The Morgan fingerprint density at radius 2 is 1.81 bits per heavy atom. The Morgan fingerprint density at radius 1 is 1.14 bits per heavy atom. The van der Waals surface area contributed by atoms with Gasteiger partial charge in [-0.15, -0.1) is 0 Å². The first-order valence-electron chi connectivity index (χ1n) is 12.5. The average Bonchev–Trinajstić information content (AvgIpc) is 3.23. The maximum atomic E-state index is 13.3. The van der Waals surface area contributed by atoms with Gasteiger partial charge in [0.1, 0.15) is 6.29 Å². The topological polar surface area (TPSA) is 94.9 Å². The van der Waals surface area contributed by atoms with Gasteiger partial charge in [-0.3, -0.25) is 19.7 Å². The quantitative estimate of drug-likeness (QED) is 0.297. The van der Waals surface area contributed by atoms with E-state index in [0.717, 1.165) is 28.3 Å². The number of amides is 2. The second-order valence-corrected chi connectivity index (χ2v) is 8.71. The standard InChI is InChI=1S/C26H30N4O4.C2H6/c1-4-29(13-14-31)26(33)23-15-21-20-7-5-6-8-22(20)30(24(21)17(2)28(23)3)16-18-9-11-19(12-10-18)25(32)27-34;1-2/h5-12,14,17,23,34H,4,13,15-16H2,1-3H3,(H,27,32);1-2H3. The number of hydrogen-bond donors (Lipinski definition) is 2. The molecule has 2 atom stereocenters. The van der Waals surface area contributed by atoms with Crippen LogP contribution in [0.4, 0.5) is 0 Å². The third-order valence-electron chi connectivity index (χ3n) is 6.95. The van der Waals surface area contributed by atoms with E-state index in [9.17, 15) is 14.4 Å². The van der Waals surface area contributed by atoms with Crippen molar-refractivity contribution >= 4 is 29.0 Å². The van der Waals surface area contributed by atoms with Crippen molar-refractivity contribution in [3.05, 3.63) is 70.9 Å². The van der Waals surface area contributed by atoms with Gasteiger partial charge in [-0.2, -0.15) is 0 Å². The molecule has 4 rings (SSSR count). The van der Waals surface area contributed by atoms with Gasteiger partial charge < -0.3 is 14.3 Å². The van der Waals surface area contributed by atoms with Crippen molar-refractivity contribution in [3.8, 4) is 0 Å². The number of benzene rings is 2. The van der Waals surface area contributed by atoms with Crippen molar-refractivity contribution in [2.75, 3.05) is 20.1 Å². The number of hydrogen-bond acceptors (Lipinski definition) is 5. The first-order valence-corrected chi connectivity index (χ1v) is 12.5. The highest BCUT2D eigenvalue weighted by molar-refractivity contribution is 5.93. The molecule has 36 heavy (non-hydrogen) atoms. The van der Waals surface area contributed by atoms with Crippen LogP contribution in [0.25, 0.3) is 10.9 Å². The summed E-state index contributed by atoms with van der Waals surface area (Å²) < 4.78 is 2.29. The summed E-state index contributed by atoms with van der Waals surface area (Å²) in [5, 5.41) is 9.99. The molecule has 1 aliphatic heterocycles. The number of para-hydroxylation sites is 1. The Hall–Kier alpha value is -3.49. The van der Waals surface area contributed by atoms with Crippen LogP contribution in [0.3, 0.4) is 0 Å². The molecule has 8 nitrogen and oxygen atoms in total. The van der Waals surface area contributed by atoms with E-state index in [-0.39, 0.29) is 24.5 Å². The molecule has 2 N–H and O–H groups in total. The summed E-state index contributed by atoms with van der Waals surface area (Å²) in [6.07, 6.45) is 1.36. The summed E-state index contributed by atoms with van der Waals surface area (Å²) in [6, 6.07) is 15.0. The number of aromatic nitrogens is 1. The first-order chi connectivity index (χ1) is 17.4. The summed E-state index contributed by atoms with van der Waals surface area (Å²) >= 11 is 0. The lowest BCUT2D eigenvalue weighted by molar-refractivity contribution is -0.139. The number of nitrogens with one attached hydrogen (secondary N) is 1. The molecule has 2 heterocycles. The molecular weight excluding hydrogens is 456 g/mol. The molecule has 0 radical (unpaired) electrons. The van der Waals surface area contributed by atoms with Crippen molar-refractivity contribution in [1.29, 1.82) is 0 Å². The largest absolute Gasteiger partial charge is 0.338 e. The molecule has 0 saturated carbocycles. The zero-order valence-electron chi connectivity index (χ0n) is 21.7. The number of likely N-dealkylation sites (N-methyl/N-ethyl adjacent to an activating group) is 2. The fourth-order valence-electron chi connectivity index (χ4n) is 5.00. The Morgan fingerprint density at radius 3 is 2.42 bits per heavy atom. The Labute approximate surface area is 212 Å². The summed E-state index contributed by atoms with van der Waals surface area (Å²) in [5.41, 5.74) is 6.49. The van der Waals surface area contributed by atoms with Gasteiger partial charge in [-0.05, 0) is 56.6 Å². The zero-order chi connectivity index (χ0) is 26.4. The van der Waals surface area contributed by atoms with E-state index in [2.05, 4.69) is 28.5 Å². The lowest BCUT2D eigenvalue weighted by Gasteiger charge is -2.39. The van der Waals surface area contributed by atoms with E-state index in [1.807, 2.05) is 52.1 Å². The molecule has 1 aromatic heterocycles. The predicted octanol–water partition coefficient (Wildman–Crippen LogP) is 3.80. The van der Waals surface area contributed by atoms with Crippen LogP contribution < -0.4 is 5.48 Å². The van der Waals surface area contributed by atoms with Crippen LogP contribution in [0.1, 0.15) is 60.9 Å². The van der Waals surface area contributed by atoms with Crippen molar-refractivity contribution in [2.45, 2.75) is 52.7 Å². The van der Waals surface area contributed by atoms with Crippen LogP contribution >= 0.6 is 0 Å². The van der Waals surface area contributed by atoms with E-state index in [4.69, 9.17) is 5.21 Å². The molecule has 0 spiro atoms. The van der Waals surface area contributed by atoms with Crippen molar-refractivity contribution in [1.82, 2.24) is 19.8 Å². The maximum Gasteiger partial charge on any atom is 0.274 e. The number of carbonyl (C=O) groups excluding carboxylic acids is 3. The number of carbonyl (C=O) groups is 3. The minimum absolute atomic E-state index is 0.0144. The highest BCUT2D eigenvalue weighted by Crippen LogP contribution is 2.39. The van der Waals surface area contributed by atoms with Crippen molar-refractivity contribution in [3.63, 3.8) is 0 Å². The maximum absolute atomic E-state index is 13.3. The third kappa shape index (κ3) is 5.05. The molecule has 192 valence electrons. The van der Waals surface area contributed by atoms with Crippen LogP contribution in [-0.2, 0) is 22.6 Å². The average molecular weight is 493 g/mol. The fourth-order valence-corrected chi connectivity index (χ4v) is 5.00. The van der Waals surface area contributed by atoms with Crippen LogP contribution in [0.15, 0.2) is 48.5 Å². The normalized spacial score (nSPS) is 17.1. The van der Waals surface area contributed by atoms with Gasteiger partial charge in [-0.1, -0.05) is 44.2 Å². The lowest BCUT2D eigenvalue weighted by atomic mass is 9.92. The first kappa shape index (κ1) is 27.1. The molecule has 0 bridgehead atoms. The van der Waals surface area contributed by atoms with Gasteiger partial charge in [0.05, 0.1) is 12.6 Å². The lowest BCUT2D eigenvalue weighted by Crippen LogP contribution is -2.51. The molecule has 0 aliphatic carbocycles. The Kier molecular flexibility index (Phi) is 9.01. The van der Waals surface area contributed by atoms with Gasteiger partial charge >= 0.3 is 0 Å². The molecule has 0 fully saturated rings. The third-order valence-corrected chi connectivity index (χ3v) is 6.95. The minimum atomic E-state index is -0.544. The van der Waals surface area contributed by atoms with Gasteiger partial charge in [0.15, 0.2) is 0 Å². The summed E-state index contributed by atoms with van der Waals surface area (Å²) in [4.78, 5) is 39.8. The van der Waals surface area contributed by atoms with Gasteiger partial charge in [0, 0.05) is 41.3 Å². The smallest absolute Gasteiger partial charge is 0.274 e. The highest BCUT2D eigenvalue weighted by atomic mass is 16.5. The number of aldehydes is 1. The van der Waals surface area contributed by atoms with E-state index < -0.39 is 5.91 Å². The van der Waals surface area contributed by atoms with Crippen LogP contribution in [-0.4, -0.2) is 63.9 Å². The van der Waals surface area contributed by atoms with Crippen LogP contribution in [0, 0.1) is 0 Å². The molecule has 2 amide bonds. The second kappa shape index (κ2) is 12.0. The fraction of sp³-hybridized carbons (Fsp3) is 0.393. The number of nitrogens with zero attached hydrogens (tertiary/aromatic N) is 3. The van der Waals surface area contributed by atoms with Crippen LogP contribution in [0.5, 0.6) is 0 Å². The molecule has 8 heteroatoms. The molecule has 2 unspecified atom stereocenters. The SMILES string of the molecule is CC.CCN(CC=O)C(=O)C1Cc2c(n(Cc3ccc(C(=O)NO)cc3)c3ccccc23)C(C)N1C. The molecule has 1 aliphatic rings. The number of hydroxylamine groups is 1. The molecular formula is C28H36N4O4. The number of rotatable bonds is 7. The second-order valence-electron chi connectivity index (χ2n) is 8.71. The Balaban J connectivity index is 0.00000176. The summed E-state index contributed by atoms with van der Waals surface area (Å²) in [6.45, 7) is 9.21. The van der Waals surface area contributed by atoms with Gasteiger partial charge in [0.25, 0.3) is 5.91 Å². The highest BCUT2D eigenvalue weighted by Gasteiger charge is 2.38. The van der Waals surface area contributed by atoms with E-state index >= 15 is 0 Å². The summed E-state index contributed by atoms with van der Waals surface area (Å²) in [5.74, 6) is -0.568. The molecule has 3 aromatic rings. The monoisotopic (exact) mass is 492 g/mol. The molecule has 2 aromatic carbocycles. The summed E-state index contributed by atoms with van der Waals surface area (Å²) in [7, 11) is 1.97.